The highest BCUT2D eigenvalue weighted by Crippen LogP contribution is 2.25. The zero-order chi connectivity index (χ0) is 23.4. The second kappa shape index (κ2) is 10.1. The lowest BCUT2D eigenvalue weighted by atomic mass is 10.0. The number of carbonyl (C=O) groups is 2. The average Bonchev–Trinajstić information content (AvgIpc) is 3.16. The van der Waals surface area contributed by atoms with Crippen molar-refractivity contribution in [1.29, 1.82) is 0 Å². The van der Waals surface area contributed by atoms with Crippen molar-refractivity contribution in [2.45, 2.75) is 46.1 Å². The summed E-state index contributed by atoms with van der Waals surface area (Å²) in [5.41, 5.74) is 4.60. The van der Waals surface area contributed by atoms with Crippen LogP contribution in [0.1, 0.15) is 58.3 Å². The molecular weight excluding hydrogens is 410 g/mol. The predicted molar refractivity (Wildman–Crippen MR) is 132 cm³/mol. The molecule has 172 valence electrons. The number of nitrogens with zero attached hydrogens (tertiary/aromatic N) is 3. The molecule has 1 saturated heterocycles. The van der Waals surface area contributed by atoms with Crippen LogP contribution in [-0.2, 0) is 0 Å². The zero-order valence-electron chi connectivity index (χ0n) is 19.8. The summed E-state index contributed by atoms with van der Waals surface area (Å²) in [4.78, 5) is 30.5. The van der Waals surface area contributed by atoms with E-state index in [4.69, 9.17) is 0 Å². The maximum Gasteiger partial charge on any atom is 0.255 e. The van der Waals surface area contributed by atoms with E-state index in [0.717, 1.165) is 54.0 Å². The number of rotatable bonds is 6. The van der Waals surface area contributed by atoms with Crippen LogP contribution in [0.5, 0.6) is 0 Å². The lowest BCUT2D eigenvalue weighted by Gasteiger charge is -2.38. The Hall–Kier alpha value is -3.34. The molecule has 1 fully saturated rings. The largest absolute Gasteiger partial charge is 0.338 e. The van der Waals surface area contributed by atoms with Gasteiger partial charge in [0.25, 0.3) is 11.8 Å². The molecule has 0 unspecified atom stereocenters. The maximum atomic E-state index is 13.7. The van der Waals surface area contributed by atoms with Gasteiger partial charge in [-0.2, -0.15) is 0 Å². The van der Waals surface area contributed by atoms with E-state index in [9.17, 15) is 9.59 Å². The van der Waals surface area contributed by atoms with Crippen molar-refractivity contribution < 1.29 is 9.59 Å². The molecular formula is C28H33N3O2. The Labute approximate surface area is 196 Å². The molecule has 0 saturated carbocycles. The number of para-hydroxylation sites is 1. The van der Waals surface area contributed by atoms with Gasteiger partial charge in [0.05, 0.1) is 5.56 Å². The summed E-state index contributed by atoms with van der Waals surface area (Å²) in [6.45, 7) is 8.27. The van der Waals surface area contributed by atoms with Gasteiger partial charge in [0, 0.05) is 48.3 Å². The minimum Gasteiger partial charge on any atom is -0.338 e. The highest BCUT2D eigenvalue weighted by atomic mass is 16.2. The molecule has 2 aromatic carbocycles. The van der Waals surface area contributed by atoms with Crippen LogP contribution < -0.4 is 0 Å². The van der Waals surface area contributed by atoms with Gasteiger partial charge in [-0.25, -0.2) is 0 Å². The van der Waals surface area contributed by atoms with Crippen LogP contribution in [0.15, 0.2) is 66.7 Å². The van der Waals surface area contributed by atoms with Crippen LogP contribution >= 0.6 is 0 Å². The average molecular weight is 444 g/mol. The summed E-state index contributed by atoms with van der Waals surface area (Å²) in [7, 11) is 0. The molecule has 5 nitrogen and oxygen atoms in total. The molecule has 33 heavy (non-hydrogen) atoms. The molecule has 1 aliphatic rings. The van der Waals surface area contributed by atoms with Gasteiger partial charge in [-0.1, -0.05) is 43.3 Å². The first-order chi connectivity index (χ1) is 16.0. The Morgan fingerprint density at radius 3 is 2.15 bits per heavy atom. The summed E-state index contributed by atoms with van der Waals surface area (Å²) in [5, 5.41) is 0. The van der Waals surface area contributed by atoms with Gasteiger partial charge in [-0.3, -0.25) is 9.59 Å². The normalized spacial score (nSPS) is 14.3. The number of likely N-dealkylation sites (tertiary alicyclic amines) is 1. The van der Waals surface area contributed by atoms with E-state index in [1.54, 1.807) is 0 Å². The molecule has 0 aliphatic carbocycles. The number of hydrogen-bond donors (Lipinski definition) is 0. The van der Waals surface area contributed by atoms with Crippen molar-refractivity contribution >= 4 is 11.8 Å². The first-order valence-electron chi connectivity index (χ1n) is 11.9. The van der Waals surface area contributed by atoms with E-state index in [-0.39, 0.29) is 17.9 Å². The molecule has 0 spiro atoms. The quantitative estimate of drug-likeness (QED) is 0.522. The summed E-state index contributed by atoms with van der Waals surface area (Å²) in [6, 6.07) is 21.8. The van der Waals surface area contributed by atoms with E-state index in [1.807, 2.05) is 71.3 Å². The maximum absolute atomic E-state index is 13.7. The fourth-order valence-electron chi connectivity index (χ4n) is 4.94. The molecule has 0 N–H and O–H groups in total. The van der Waals surface area contributed by atoms with Crippen molar-refractivity contribution in [2.75, 3.05) is 19.6 Å². The molecule has 2 heterocycles. The van der Waals surface area contributed by atoms with Crippen molar-refractivity contribution in [3.05, 3.63) is 89.2 Å². The fraction of sp³-hybridized carbons (Fsp3) is 0.357. The van der Waals surface area contributed by atoms with Crippen molar-refractivity contribution in [2.24, 2.45) is 0 Å². The third-order valence-corrected chi connectivity index (χ3v) is 6.61. The lowest BCUT2D eigenvalue weighted by Crippen LogP contribution is -2.49. The van der Waals surface area contributed by atoms with Crippen molar-refractivity contribution in [1.82, 2.24) is 14.4 Å². The minimum absolute atomic E-state index is 0.0776. The Bertz CT molecular complexity index is 1100. The summed E-state index contributed by atoms with van der Waals surface area (Å²) in [5.74, 6) is 0.175. The van der Waals surface area contributed by atoms with Gasteiger partial charge in [0.15, 0.2) is 0 Å². The molecule has 0 atom stereocenters. The Balaban J connectivity index is 1.50. The topological polar surface area (TPSA) is 45.6 Å². The van der Waals surface area contributed by atoms with E-state index < -0.39 is 0 Å². The first kappa shape index (κ1) is 22.8. The van der Waals surface area contributed by atoms with Gasteiger partial charge in [0.1, 0.15) is 0 Å². The van der Waals surface area contributed by atoms with Crippen molar-refractivity contribution in [3.63, 3.8) is 0 Å². The first-order valence-corrected chi connectivity index (χ1v) is 11.9. The number of piperidine rings is 1. The molecule has 1 aromatic heterocycles. The van der Waals surface area contributed by atoms with Crippen LogP contribution in [0, 0.1) is 13.8 Å². The number of amides is 2. The third-order valence-electron chi connectivity index (χ3n) is 6.61. The molecule has 0 bridgehead atoms. The van der Waals surface area contributed by atoms with Crippen LogP contribution in [-0.4, -0.2) is 51.9 Å². The molecule has 0 radical (unpaired) electrons. The van der Waals surface area contributed by atoms with Crippen LogP contribution in [0.4, 0.5) is 0 Å². The molecule has 3 aromatic rings. The molecule has 5 heteroatoms. The molecule has 1 aliphatic heterocycles. The fourth-order valence-corrected chi connectivity index (χ4v) is 4.94. The van der Waals surface area contributed by atoms with Gasteiger partial charge in [0.2, 0.25) is 0 Å². The highest BCUT2D eigenvalue weighted by Gasteiger charge is 2.31. The van der Waals surface area contributed by atoms with Gasteiger partial charge in [-0.15, -0.1) is 0 Å². The summed E-state index contributed by atoms with van der Waals surface area (Å²) < 4.78 is 2.15. The van der Waals surface area contributed by atoms with E-state index in [2.05, 4.69) is 30.5 Å². The number of benzene rings is 2. The summed E-state index contributed by atoms with van der Waals surface area (Å²) in [6.07, 6.45) is 2.52. The van der Waals surface area contributed by atoms with Gasteiger partial charge < -0.3 is 14.4 Å². The molecule has 2 amide bonds. The number of aryl methyl sites for hydroxylation is 1. The van der Waals surface area contributed by atoms with Crippen LogP contribution in [0.3, 0.4) is 0 Å². The van der Waals surface area contributed by atoms with Crippen LogP contribution in [0.2, 0.25) is 0 Å². The van der Waals surface area contributed by atoms with Gasteiger partial charge in [-0.05, 0) is 63.4 Å². The lowest BCUT2D eigenvalue weighted by molar-refractivity contribution is 0.0519. The zero-order valence-corrected chi connectivity index (χ0v) is 19.8. The molecule has 4 rings (SSSR count). The van der Waals surface area contributed by atoms with E-state index >= 15 is 0 Å². The number of carbonyl (C=O) groups excluding carboxylic acids is 2. The number of aromatic nitrogens is 1. The monoisotopic (exact) mass is 443 g/mol. The minimum atomic E-state index is 0.0776. The second-order valence-corrected chi connectivity index (χ2v) is 8.84. The SMILES string of the molecule is CCCN(C(=O)c1cc(C)n(-c2ccccc2)c1C)C1CCN(C(=O)c2ccccc2)CC1. The Kier molecular flexibility index (Phi) is 6.97. The van der Waals surface area contributed by atoms with Gasteiger partial charge >= 0.3 is 0 Å². The van der Waals surface area contributed by atoms with E-state index in [1.165, 1.54) is 0 Å². The van der Waals surface area contributed by atoms with Crippen LogP contribution in [0.25, 0.3) is 5.69 Å². The van der Waals surface area contributed by atoms with E-state index in [0.29, 0.717) is 13.1 Å². The second-order valence-electron chi connectivity index (χ2n) is 8.84. The number of hydrogen-bond acceptors (Lipinski definition) is 2. The Morgan fingerprint density at radius 2 is 1.55 bits per heavy atom. The predicted octanol–water partition coefficient (Wildman–Crippen LogP) is 5.25. The third kappa shape index (κ3) is 4.72. The highest BCUT2D eigenvalue weighted by molar-refractivity contribution is 5.96. The standard InChI is InChI=1S/C28H33N3O2/c1-4-17-30(24-15-18-29(19-16-24)27(32)23-11-7-5-8-12-23)28(33)26-20-21(2)31(22(26)3)25-13-9-6-10-14-25/h5-14,20,24H,4,15-19H2,1-3H3. The van der Waals surface area contributed by atoms with Crippen molar-refractivity contribution in [3.8, 4) is 5.69 Å². The Morgan fingerprint density at radius 1 is 0.939 bits per heavy atom. The summed E-state index contributed by atoms with van der Waals surface area (Å²) >= 11 is 0. The smallest absolute Gasteiger partial charge is 0.255 e.